The molecule has 0 aliphatic carbocycles. The van der Waals surface area contributed by atoms with Crippen molar-refractivity contribution in [2.75, 3.05) is 13.1 Å². The van der Waals surface area contributed by atoms with Crippen molar-refractivity contribution < 1.29 is 4.79 Å². The van der Waals surface area contributed by atoms with Crippen LogP contribution in [-0.4, -0.2) is 28.9 Å². The molecule has 0 bridgehead atoms. The molecule has 0 radical (unpaired) electrons. The lowest BCUT2D eigenvalue weighted by Gasteiger charge is -2.09. The van der Waals surface area contributed by atoms with Crippen molar-refractivity contribution in [2.45, 2.75) is 12.8 Å². The van der Waals surface area contributed by atoms with Gasteiger partial charge in [-0.15, -0.1) is 0 Å². The van der Waals surface area contributed by atoms with Crippen LogP contribution in [0.3, 0.4) is 0 Å². The zero-order valence-electron chi connectivity index (χ0n) is 9.31. The Morgan fingerprint density at radius 1 is 1.41 bits per heavy atom. The molecule has 1 amide bonds. The number of amides is 1. The van der Waals surface area contributed by atoms with Crippen molar-refractivity contribution in [3.63, 3.8) is 0 Å². The molecule has 0 N–H and O–H groups in total. The van der Waals surface area contributed by atoms with E-state index in [0.29, 0.717) is 24.4 Å². The van der Waals surface area contributed by atoms with E-state index < -0.39 is 0 Å². The molecular formula is C13H11N3O. The fourth-order valence-corrected chi connectivity index (χ4v) is 1.66. The summed E-state index contributed by atoms with van der Waals surface area (Å²) < 4.78 is 0. The Kier molecular flexibility index (Phi) is 3.37. The lowest BCUT2D eigenvalue weighted by molar-refractivity contribution is -0.127. The molecule has 1 saturated heterocycles. The molecule has 0 atom stereocenters. The van der Waals surface area contributed by atoms with Crippen molar-refractivity contribution in [2.24, 2.45) is 0 Å². The molecule has 0 saturated carbocycles. The van der Waals surface area contributed by atoms with Gasteiger partial charge in [-0.1, -0.05) is 12.0 Å². The Morgan fingerprint density at radius 2 is 2.24 bits per heavy atom. The summed E-state index contributed by atoms with van der Waals surface area (Å²) in [5, 5.41) is 8.68. The average molecular weight is 225 g/mol. The first-order chi connectivity index (χ1) is 8.29. The van der Waals surface area contributed by atoms with Gasteiger partial charge < -0.3 is 4.90 Å². The number of nitrogens with zero attached hydrogens (tertiary/aromatic N) is 3. The molecule has 2 heterocycles. The number of nitriles is 1. The summed E-state index contributed by atoms with van der Waals surface area (Å²) in [6.07, 6.45) is 1.55. The summed E-state index contributed by atoms with van der Waals surface area (Å²) in [5.41, 5.74) is 0.921. The molecule has 0 aromatic carbocycles. The summed E-state index contributed by atoms with van der Waals surface area (Å²) in [6, 6.07) is 7.09. The third-order valence-corrected chi connectivity index (χ3v) is 2.52. The maximum Gasteiger partial charge on any atom is 0.223 e. The van der Waals surface area contributed by atoms with Crippen LogP contribution in [0.2, 0.25) is 0 Å². The van der Waals surface area contributed by atoms with E-state index in [1.807, 2.05) is 6.07 Å². The van der Waals surface area contributed by atoms with E-state index in [0.717, 1.165) is 13.0 Å². The van der Waals surface area contributed by atoms with Crippen molar-refractivity contribution in [3.8, 4) is 17.9 Å². The highest BCUT2D eigenvalue weighted by Gasteiger charge is 2.18. The van der Waals surface area contributed by atoms with Gasteiger partial charge in [0.25, 0.3) is 0 Å². The summed E-state index contributed by atoms with van der Waals surface area (Å²) in [4.78, 5) is 17.1. The van der Waals surface area contributed by atoms with Gasteiger partial charge in [0.2, 0.25) is 5.91 Å². The maximum atomic E-state index is 11.3. The van der Waals surface area contributed by atoms with Gasteiger partial charge in [0.1, 0.15) is 17.5 Å². The quantitative estimate of drug-likeness (QED) is 0.668. The van der Waals surface area contributed by atoms with Gasteiger partial charge in [-0.3, -0.25) is 4.79 Å². The third-order valence-electron chi connectivity index (χ3n) is 2.52. The van der Waals surface area contributed by atoms with E-state index in [-0.39, 0.29) is 5.91 Å². The van der Waals surface area contributed by atoms with Crippen molar-refractivity contribution >= 4 is 5.91 Å². The van der Waals surface area contributed by atoms with Gasteiger partial charge in [0.15, 0.2) is 0 Å². The third kappa shape index (κ3) is 2.83. The molecule has 1 aromatic heterocycles. The Morgan fingerprint density at radius 3 is 2.94 bits per heavy atom. The monoisotopic (exact) mass is 225 g/mol. The smallest absolute Gasteiger partial charge is 0.223 e. The molecule has 17 heavy (non-hydrogen) atoms. The van der Waals surface area contributed by atoms with E-state index in [9.17, 15) is 4.79 Å². The number of aromatic nitrogens is 1. The number of carbonyl (C=O) groups excluding carboxylic acids is 1. The van der Waals surface area contributed by atoms with Crippen LogP contribution in [0.25, 0.3) is 0 Å². The Balaban J connectivity index is 2.01. The summed E-state index contributed by atoms with van der Waals surface area (Å²) >= 11 is 0. The molecule has 0 unspecified atom stereocenters. The number of pyridine rings is 1. The molecule has 4 nitrogen and oxygen atoms in total. The minimum absolute atomic E-state index is 0.165. The van der Waals surface area contributed by atoms with Gasteiger partial charge in [0.05, 0.1) is 6.54 Å². The average Bonchev–Trinajstić information content (AvgIpc) is 2.76. The minimum atomic E-state index is 0.165. The molecule has 2 rings (SSSR count). The standard InChI is InChI=1S/C13H11N3O/c14-10-12-5-1-4-11(15-12)6-2-8-16-9-3-7-13(16)17/h1,4-5H,3,7-9H2. The molecule has 1 fully saturated rings. The minimum Gasteiger partial charge on any atom is -0.332 e. The molecule has 1 aliphatic heterocycles. The van der Waals surface area contributed by atoms with E-state index in [1.54, 1.807) is 23.1 Å². The second-order valence-corrected chi connectivity index (χ2v) is 3.74. The fraction of sp³-hybridized carbons (Fsp3) is 0.308. The lowest BCUT2D eigenvalue weighted by Crippen LogP contribution is -2.24. The summed E-state index contributed by atoms with van der Waals surface area (Å²) in [6.45, 7) is 1.23. The number of hydrogen-bond acceptors (Lipinski definition) is 3. The topological polar surface area (TPSA) is 57.0 Å². The van der Waals surface area contributed by atoms with Gasteiger partial charge in [-0.05, 0) is 24.5 Å². The van der Waals surface area contributed by atoms with Crippen LogP contribution in [0.1, 0.15) is 24.2 Å². The molecule has 1 aliphatic rings. The fourth-order valence-electron chi connectivity index (χ4n) is 1.66. The first kappa shape index (κ1) is 11.2. The van der Waals surface area contributed by atoms with Crippen LogP contribution in [0.5, 0.6) is 0 Å². The Hall–Kier alpha value is -2.33. The van der Waals surface area contributed by atoms with Gasteiger partial charge >= 0.3 is 0 Å². The number of rotatable bonds is 1. The van der Waals surface area contributed by atoms with Crippen molar-refractivity contribution in [1.29, 1.82) is 5.26 Å². The molecule has 4 heteroatoms. The highest BCUT2D eigenvalue weighted by atomic mass is 16.2. The normalized spacial score (nSPS) is 14.1. The molecule has 84 valence electrons. The van der Waals surface area contributed by atoms with E-state index in [4.69, 9.17) is 5.26 Å². The highest BCUT2D eigenvalue weighted by Crippen LogP contribution is 2.07. The van der Waals surface area contributed by atoms with E-state index in [2.05, 4.69) is 16.8 Å². The van der Waals surface area contributed by atoms with Crippen LogP contribution >= 0.6 is 0 Å². The SMILES string of the molecule is N#Cc1cccc(C#CCN2CCCC2=O)n1. The Bertz CT molecular complexity index is 534. The van der Waals surface area contributed by atoms with Crippen molar-refractivity contribution in [1.82, 2.24) is 9.88 Å². The molecular weight excluding hydrogens is 214 g/mol. The Labute approximate surface area is 99.9 Å². The first-order valence-corrected chi connectivity index (χ1v) is 5.43. The van der Waals surface area contributed by atoms with Crippen LogP contribution in [0.15, 0.2) is 18.2 Å². The molecule has 1 aromatic rings. The zero-order chi connectivity index (χ0) is 12.1. The van der Waals surface area contributed by atoms with Gasteiger partial charge in [0, 0.05) is 13.0 Å². The largest absolute Gasteiger partial charge is 0.332 e. The van der Waals surface area contributed by atoms with E-state index >= 15 is 0 Å². The van der Waals surface area contributed by atoms with E-state index in [1.165, 1.54) is 0 Å². The van der Waals surface area contributed by atoms with Crippen LogP contribution in [0, 0.1) is 23.2 Å². The van der Waals surface area contributed by atoms with Crippen LogP contribution < -0.4 is 0 Å². The van der Waals surface area contributed by atoms with Crippen LogP contribution in [0.4, 0.5) is 0 Å². The lowest BCUT2D eigenvalue weighted by atomic mass is 10.3. The summed E-state index contributed by atoms with van der Waals surface area (Å²) in [5.74, 6) is 5.93. The second kappa shape index (κ2) is 5.14. The predicted molar refractivity (Wildman–Crippen MR) is 61.6 cm³/mol. The zero-order valence-corrected chi connectivity index (χ0v) is 9.31. The molecule has 0 spiro atoms. The van der Waals surface area contributed by atoms with Gasteiger partial charge in [-0.25, -0.2) is 4.98 Å². The number of carbonyl (C=O) groups is 1. The highest BCUT2D eigenvalue weighted by molar-refractivity contribution is 5.78. The van der Waals surface area contributed by atoms with Crippen LogP contribution in [-0.2, 0) is 4.79 Å². The maximum absolute atomic E-state index is 11.3. The number of likely N-dealkylation sites (tertiary alicyclic amines) is 1. The van der Waals surface area contributed by atoms with Gasteiger partial charge in [-0.2, -0.15) is 5.26 Å². The predicted octanol–water partition coefficient (Wildman–Crippen LogP) is 0.927. The van der Waals surface area contributed by atoms with Crippen molar-refractivity contribution in [3.05, 3.63) is 29.6 Å². The number of hydrogen-bond donors (Lipinski definition) is 0. The second-order valence-electron chi connectivity index (χ2n) is 3.74. The summed E-state index contributed by atoms with van der Waals surface area (Å²) in [7, 11) is 0. The first-order valence-electron chi connectivity index (χ1n) is 5.43.